The van der Waals surface area contributed by atoms with Crippen LogP contribution in [0.2, 0.25) is 0 Å². The van der Waals surface area contributed by atoms with Gasteiger partial charge in [0.2, 0.25) is 0 Å². The Hall–Kier alpha value is -3.22. The second kappa shape index (κ2) is 6.49. The van der Waals surface area contributed by atoms with Crippen LogP contribution in [0.15, 0.2) is 41.2 Å². The Kier molecular flexibility index (Phi) is 4.24. The van der Waals surface area contributed by atoms with Crippen LogP contribution < -0.4 is 20.5 Å². The highest BCUT2D eigenvalue weighted by Crippen LogP contribution is 2.27. The molecule has 24 heavy (non-hydrogen) atoms. The van der Waals surface area contributed by atoms with Crippen molar-refractivity contribution < 1.29 is 14.3 Å². The minimum absolute atomic E-state index is 0.228. The summed E-state index contributed by atoms with van der Waals surface area (Å²) < 4.78 is 10.4. The van der Waals surface area contributed by atoms with Crippen LogP contribution in [0, 0.1) is 0 Å². The van der Waals surface area contributed by atoms with Crippen LogP contribution in [0.25, 0.3) is 11.0 Å². The number of amides is 1. The first kappa shape index (κ1) is 15.7. The summed E-state index contributed by atoms with van der Waals surface area (Å²) in [5.74, 6) is 1.01. The number of aromatic amines is 2. The average molecular weight is 327 g/mol. The Morgan fingerprint density at radius 3 is 2.50 bits per heavy atom. The van der Waals surface area contributed by atoms with E-state index in [4.69, 9.17) is 9.47 Å². The number of aromatic nitrogens is 2. The lowest BCUT2D eigenvalue weighted by Crippen LogP contribution is -2.22. The summed E-state index contributed by atoms with van der Waals surface area (Å²) in [4.78, 5) is 28.8. The second-order valence-corrected chi connectivity index (χ2v) is 5.21. The quantitative estimate of drug-likeness (QED) is 0.666. The molecule has 0 spiro atoms. The third-order valence-electron chi connectivity index (χ3n) is 3.68. The van der Waals surface area contributed by atoms with E-state index < -0.39 is 0 Å². The third-order valence-corrected chi connectivity index (χ3v) is 3.68. The van der Waals surface area contributed by atoms with Gasteiger partial charge in [0, 0.05) is 12.1 Å². The third kappa shape index (κ3) is 3.10. The van der Waals surface area contributed by atoms with Crippen molar-refractivity contribution in [1.29, 1.82) is 0 Å². The monoisotopic (exact) mass is 327 g/mol. The topological polar surface area (TPSA) is 96.2 Å². The predicted octanol–water partition coefficient (Wildman–Crippen LogP) is 1.80. The number of imidazole rings is 1. The van der Waals surface area contributed by atoms with Crippen molar-refractivity contribution in [2.75, 3.05) is 14.2 Å². The van der Waals surface area contributed by atoms with E-state index in [1.807, 2.05) is 12.1 Å². The van der Waals surface area contributed by atoms with E-state index in [1.54, 1.807) is 38.5 Å². The summed E-state index contributed by atoms with van der Waals surface area (Å²) in [5, 5.41) is 2.84. The summed E-state index contributed by atoms with van der Waals surface area (Å²) in [6.45, 7) is 0.348. The number of hydrogen-bond donors (Lipinski definition) is 3. The summed E-state index contributed by atoms with van der Waals surface area (Å²) >= 11 is 0. The number of H-pyrrole nitrogens is 2. The molecule has 0 aliphatic carbocycles. The first-order chi connectivity index (χ1) is 11.6. The number of benzene rings is 2. The van der Waals surface area contributed by atoms with E-state index in [0.29, 0.717) is 34.6 Å². The van der Waals surface area contributed by atoms with Crippen LogP contribution in [0.1, 0.15) is 15.9 Å². The Morgan fingerprint density at radius 1 is 1.00 bits per heavy atom. The van der Waals surface area contributed by atoms with E-state index >= 15 is 0 Å². The van der Waals surface area contributed by atoms with Crippen molar-refractivity contribution >= 4 is 16.9 Å². The molecule has 1 amide bonds. The maximum Gasteiger partial charge on any atom is 0.323 e. The van der Waals surface area contributed by atoms with Crippen LogP contribution in [0.5, 0.6) is 11.5 Å². The van der Waals surface area contributed by atoms with E-state index in [-0.39, 0.29) is 11.6 Å². The zero-order valence-corrected chi connectivity index (χ0v) is 13.3. The number of rotatable bonds is 5. The lowest BCUT2D eigenvalue weighted by Gasteiger charge is -2.10. The molecule has 0 radical (unpaired) electrons. The highest BCUT2D eigenvalue weighted by atomic mass is 16.5. The Morgan fingerprint density at radius 2 is 1.75 bits per heavy atom. The van der Waals surface area contributed by atoms with E-state index in [1.165, 1.54) is 0 Å². The van der Waals surface area contributed by atoms with Gasteiger partial charge in [0.05, 0.1) is 25.3 Å². The molecule has 124 valence electrons. The average Bonchev–Trinajstić information content (AvgIpc) is 2.98. The number of carbonyl (C=O) groups excluding carboxylic acids is 1. The fourth-order valence-electron chi connectivity index (χ4n) is 2.45. The molecule has 3 N–H and O–H groups in total. The van der Waals surface area contributed by atoms with Gasteiger partial charge in [-0.25, -0.2) is 4.79 Å². The van der Waals surface area contributed by atoms with Crippen molar-refractivity contribution in [2.45, 2.75) is 6.54 Å². The van der Waals surface area contributed by atoms with Crippen LogP contribution in [0.4, 0.5) is 0 Å². The smallest absolute Gasteiger partial charge is 0.323 e. The van der Waals surface area contributed by atoms with Crippen LogP contribution in [-0.4, -0.2) is 30.1 Å². The van der Waals surface area contributed by atoms with Gasteiger partial charge in [-0.2, -0.15) is 0 Å². The molecule has 3 aromatic rings. The number of hydrogen-bond acceptors (Lipinski definition) is 4. The van der Waals surface area contributed by atoms with Gasteiger partial charge < -0.3 is 24.8 Å². The molecular weight excluding hydrogens is 310 g/mol. The Balaban J connectivity index is 1.73. The number of nitrogens with one attached hydrogen (secondary N) is 3. The van der Waals surface area contributed by atoms with Crippen molar-refractivity contribution in [3.8, 4) is 11.5 Å². The number of carbonyl (C=O) groups is 1. The van der Waals surface area contributed by atoms with Crippen molar-refractivity contribution in [3.05, 3.63) is 58.0 Å². The maximum absolute atomic E-state index is 12.3. The van der Waals surface area contributed by atoms with Crippen molar-refractivity contribution in [1.82, 2.24) is 15.3 Å². The molecule has 7 heteroatoms. The summed E-state index contributed by atoms with van der Waals surface area (Å²) in [5.41, 5.74) is 2.32. The van der Waals surface area contributed by atoms with Gasteiger partial charge in [0.15, 0.2) is 11.5 Å². The van der Waals surface area contributed by atoms with Crippen LogP contribution in [-0.2, 0) is 6.54 Å². The summed E-state index contributed by atoms with van der Waals surface area (Å²) in [7, 11) is 3.13. The summed E-state index contributed by atoms with van der Waals surface area (Å²) in [6.07, 6.45) is 0. The molecule has 0 bridgehead atoms. The molecule has 1 heterocycles. The highest BCUT2D eigenvalue weighted by molar-refractivity contribution is 5.97. The fourth-order valence-corrected chi connectivity index (χ4v) is 2.45. The number of ether oxygens (including phenoxy) is 2. The first-order valence-corrected chi connectivity index (χ1v) is 7.32. The van der Waals surface area contributed by atoms with Gasteiger partial charge in [0.25, 0.3) is 5.91 Å². The largest absolute Gasteiger partial charge is 0.493 e. The van der Waals surface area contributed by atoms with Crippen molar-refractivity contribution in [2.24, 2.45) is 0 Å². The number of methoxy groups -OCH3 is 2. The molecule has 0 saturated heterocycles. The van der Waals surface area contributed by atoms with Crippen LogP contribution >= 0.6 is 0 Å². The van der Waals surface area contributed by atoms with Gasteiger partial charge in [-0.1, -0.05) is 6.07 Å². The second-order valence-electron chi connectivity index (χ2n) is 5.21. The van der Waals surface area contributed by atoms with Gasteiger partial charge in [-0.05, 0) is 35.9 Å². The molecule has 2 aromatic carbocycles. The van der Waals surface area contributed by atoms with E-state index in [9.17, 15) is 9.59 Å². The molecule has 0 aliphatic rings. The van der Waals surface area contributed by atoms with Crippen LogP contribution in [0.3, 0.4) is 0 Å². The lowest BCUT2D eigenvalue weighted by molar-refractivity contribution is 0.0951. The molecule has 3 rings (SSSR count). The highest BCUT2D eigenvalue weighted by Gasteiger charge is 2.09. The standard InChI is InChI=1S/C17H17N3O4/c1-23-14-6-3-10(7-15(14)24-2)9-18-16(21)11-4-5-12-13(8-11)20-17(22)19-12/h3-8H,9H2,1-2H3,(H,18,21)(H2,19,20,22). The molecule has 0 fully saturated rings. The SMILES string of the molecule is COc1ccc(CNC(=O)c2ccc3[nH]c(=O)[nH]c3c2)cc1OC. The Bertz CT molecular complexity index is 942. The van der Waals surface area contributed by atoms with Gasteiger partial charge in [0.1, 0.15) is 0 Å². The minimum Gasteiger partial charge on any atom is -0.493 e. The molecule has 0 atom stereocenters. The first-order valence-electron chi connectivity index (χ1n) is 7.32. The zero-order chi connectivity index (χ0) is 17.1. The molecular formula is C17H17N3O4. The molecule has 7 nitrogen and oxygen atoms in total. The normalized spacial score (nSPS) is 10.6. The molecule has 0 unspecified atom stereocenters. The Labute approximate surface area is 137 Å². The molecule has 0 aliphatic heterocycles. The lowest BCUT2D eigenvalue weighted by atomic mass is 10.1. The van der Waals surface area contributed by atoms with Gasteiger partial charge >= 0.3 is 5.69 Å². The predicted molar refractivity (Wildman–Crippen MR) is 89.6 cm³/mol. The van der Waals surface area contributed by atoms with E-state index in [2.05, 4.69) is 15.3 Å². The van der Waals surface area contributed by atoms with Crippen molar-refractivity contribution in [3.63, 3.8) is 0 Å². The maximum atomic E-state index is 12.3. The fraction of sp³-hybridized carbons (Fsp3) is 0.176. The molecule has 0 saturated carbocycles. The van der Waals surface area contributed by atoms with E-state index in [0.717, 1.165) is 5.56 Å². The summed E-state index contributed by atoms with van der Waals surface area (Å²) in [6, 6.07) is 10.4. The molecule has 1 aromatic heterocycles. The number of fused-ring (bicyclic) bond motifs is 1. The van der Waals surface area contributed by atoms with Gasteiger partial charge in [-0.3, -0.25) is 4.79 Å². The van der Waals surface area contributed by atoms with Gasteiger partial charge in [-0.15, -0.1) is 0 Å². The zero-order valence-electron chi connectivity index (χ0n) is 13.3. The minimum atomic E-state index is -0.298.